The summed E-state index contributed by atoms with van der Waals surface area (Å²) in [5.74, 6) is -3.98. The van der Waals surface area contributed by atoms with Gasteiger partial charge in [-0.3, -0.25) is 14.4 Å². The Balaban J connectivity index is 1.59. The molecule has 1 spiro atoms. The van der Waals surface area contributed by atoms with Gasteiger partial charge in [0.15, 0.2) is 5.78 Å². The number of ether oxygens (including phenoxy) is 1. The Labute approximate surface area is 204 Å². The molecule has 2 aromatic rings. The van der Waals surface area contributed by atoms with Gasteiger partial charge in [-0.25, -0.2) is 8.78 Å². The molecule has 2 unspecified atom stereocenters. The molecule has 6 nitrogen and oxygen atoms in total. The maximum absolute atomic E-state index is 14.2. The van der Waals surface area contributed by atoms with E-state index in [1.807, 2.05) is 0 Å². The summed E-state index contributed by atoms with van der Waals surface area (Å²) in [6, 6.07) is 4.75. The van der Waals surface area contributed by atoms with Crippen LogP contribution in [-0.2, 0) is 37.7 Å². The molecule has 2 amide bonds. The molecule has 35 heavy (non-hydrogen) atoms. The summed E-state index contributed by atoms with van der Waals surface area (Å²) in [7, 11) is 0. The van der Waals surface area contributed by atoms with Gasteiger partial charge in [0.25, 0.3) is 5.91 Å². The number of hydrogen-bond acceptors (Lipinski definition) is 4. The predicted molar refractivity (Wildman–Crippen MR) is 115 cm³/mol. The van der Waals surface area contributed by atoms with Crippen molar-refractivity contribution in [2.45, 2.75) is 37.7 Å². The molecule has 0 bridgehead atoms. The summed E-state index contributed by atoms with van der Waals surface area (Å²) in [6.07, 6.45) is -4.97. The molecule has 12 heteroatoms. The first kappa shape index (κ1) is 25.2. The van der Waals surface area contributed by atoms with Crippen molar-refractivity contribution in [2.24, 2.45) is 0 Å². The van der Waals surface area contributed by atoms with Crippen LogP contribution in [-0.4, -0.2) is 52.9 Å². The Morgan fingerprint density at radius 1 is 1.20 bits per heavy atom. The second kappa shape index (κ2) is 8.98. The summed E-state index contributed by atoms with van der Waals surface area (Å²) in [5, 5.41) is 0. The molecule has 0 saturated carbocycles. The van der Waals surface area contributed by atoms with Crippen molar-refractivity contribution < 1.29 is 41.1 Å². The highest BCUT2D eigenvalue weighted by molar-refractivity contribution is 9.10. The van der Waals surface area contributed by atoms with Crippen LogP contribution in [0.1, 0.15) is 23.6 Å². The average Bonchev–Trinajstić information content (AvgIpc) is 3.24. The highest BCUT2D eigenvalue weighted by atomic mass is 79.9. The Bertz CT molecular complexity index is 1200. The smallest absolute Gasteiger partial charge is 0.332 e. The number of Topliss-reactive ketones (excluding diaryl/α,β-unsaturated/α-hetero) is 1. The van der Waals surface area contributed by atoms with Crippen molar-refractivity contribution >= 4 is 33.5 Å². The molecule has 0 N–H and O–H groups in total. The zero-order valence-electron chi connectivity index (χ0n) is 18.2. The van der Waals surface area contributed by atoms with Crippen molar-refractivity contribution in [3.63, 3.8) is 0 Å². The lowest BCUT2D eigenvalue weighted by atomic mass is 9.94. The van der Waals surface area contributed by atoms with Crippen LogP contribution in [0, 0.1) is 11.6 Å². The largest absolute Gasteiger partial charge is 0.408 e. The number of nitrogens with zero attached hydrogens (tertiary/aromatic N) is 2. The van der Waals surface area contributed by atoms with E-state index in [4.69, 9.17) is 4.74 Å². The predicted octanol–water partition coefficient (Wildman–Crippen LogP) is 3.84. The van der Waals surface area contributed by atoms with Gasteiger partial charge in [0.1, 0.15) is 31.0 Å². The molecule has 1 aliphatic heterocycles. The minimum atomic E-state index is -4.77. The second-order valence-electron chi connectivity index (χ2n) is 8.35. The zero-order valence-corrected chi connectivity index (χ0v) is 19.8. The summed E-state index contributed by atoms with van der Waals surface area (Å²) in [4.78, 5) is 40.3. The third kappa shape index (κ3) is 4.44. The van der Waals surface area contributed by atoms with Gasteiger partial charge in [-0.1, -0.05) is 12.1 Å². The minimum Gasteiger partial charge on any atom is -0.332 e. The molecule has 1 aliphatic carbocycles. The van der Waals surface area contributed by atoms with Crippen molar-refractivity contribution in [1.29, 1.82) is 0 Å². The lowest BCUT2D eigenvalue weighted by Gasteiger charge is -2.32. The summed E-state index contributed by atoms with van der Waals surface area (Å²) >= 11 is 3.02. The molecule has 2 aliphatic rings. The third-order valence-electron chi connectivity index (χ3n) is 6.15. The number of amides is 2. The van der Waals surface area contributed by atoms with Crippen molar-refractivity contribution in [2.75, 3.05) is 13.3 Å². The van der Waals surface area contributed by atoms with Crippen LogP contribution in [0.4, 0.5) is 22.0 Å². The fraction of sp³-hybridized carbons (Fsp3) is 0.348. The number of ketones is 1. The molecule has 2 aromatic carbocycles. The normalized spacial score (nSPS) is 20.5. The zero-order chi connectivity index (χ0) is 25.7. The van der Waals surface area contributed by atoms with Crippen LogP contribution >= 0.6 is 15.9 Å². The number of benzene rings is 2. The van der Waals surface area contributed by atoms with Crippen LogP contribution in [0.3, 0.4) is 0 Å². The maximum atomic E-state index is 14.2. The van der Waals surface area contributed by atoms with E-state index in [-0.39, 0.29) is 22.0 Å². The third-order valence-corrected chi connectivity index (χ3v) is 6.76. The van der Waals surface area contributed by atoms with E-state index in [0.717, 1.165) is 30.0 Å². The highest BCUT2D eigenvalue weighted by Gasteiger charge is 2.60. The number of hydrogen-bond donors (Lipinski definition) is 0. The quantitative estimate of drug-likeness (QED) is 0.411. The average molecular weight is 561 g/mol. The van der Waals surface area contributed by atoms with Gasteiger partial charge in [-0.15, -0.1) is 0 Å². The Kier molecular flexibility index (Phi) is 6.47. The van der Waals surface area contributed by atoms with Crippen LogP contribution in [0.15, 0.2) is 40.9 Å². The number of carbonyl (C=O) groups excluding carboxylic acids is 3. The number of carbonyl (C=O) groups is 3. The van der Waals surface area contributed by atoms with E-state index >= 15 is 0 Å². The van der Waals surface area contributed by atoms with Gasteiger partial charge in [-0.05, 0) is 58.2 Å². The SMILES string of the molecule is CC(N(Cc1ccc(F)cc1)C(=O)CN1COC2(C(=O)Cc3cc(Br)c(F)cc32)C1=O)C(F)(F)F. The van der Waals surface area contributed by atoms with Gasteiger partial charge >= 0.3 is 6.18 Å². The number of fused-ring (bicyclic) bond motifs is 2. The molecule has 2 atom stereocenters. The van der Waals surface area contributed by atoms with Gasteiger partial charge in [-0.2, -0.15) is 13.2 Å². The molecule has 0 radical (unpaired) electrons. The monoisotopic (exact) mass is 560 g/mol. The van der Waals surface area contributed by atoms with Crippen molar-refractivity contribution in [3.8, 4) is 0 Å². The first-order valence-electron chi connectivity index (χ1n) is 10.4. The van der Waals surface area contributed by atoms with E-state index < -0.39 is 66.9 Å². The van der Waals surface area contributed by atoms with Gasteiger partial charge < -0.3 is 14.5 Å². The standard InChI is InChI=1S/C23H18BrF5N2O4/c1-12(23(27,28)29)31(9-13-2-4-15(25)5-3-13)20(33)10-30-11-35-22(21(30)34)16-8-18(26)17(24)6-14(16)7-19(22)32/h2-6,8,12H,7,9-11H2,1H3. The van der Waals surface area contributed by atoms with Crippen molar-refractivity contribution in [1.82, 2.24) is 9.80 Å². The molecular weight excluding hydrogens is 543 g/mol. The molecule has 186 valence electrons. The van der Waals surface area contributed by atoms with Gasteiger partial charge in [0.05, 0.1) is 4.47 Å². The fourth-order valence-electron chi connectivity index (χ4n) is 4.20. The van der Waals surface area contributed by atoms with E-state index in [0.29, 0.717) is 10.5 Å². The van der Waals surface area contributed by atoms with Gasteiger partial charge in [0, 0.05) is 18.5 Å². The number of alkyl halides is 3. The number of halogens is 6. The van der Waals surface area contributed by atoms with Crippen LogP contribution in [0.2, 0.25) is 0 Å². The van der Waals surface area contributed by atoms with Crippen LogP contribution in [0.25, 0.3) is 0 Å². The van der Waals surface area contributed by atoms with Crippen LogP contribution in [0.5, 0.6) is 0 Å². The molecule has 1 fully saturated rings. The lowest BCUT2D eigenvalue weighted by molar-refractivity contribution is -0.187. The van der Waals surface area contributed by atoms with Crippen LogP contribution < -0.4 is 0 Å². The Hall–Kier alpha value is -2.86. The Morgan fingerprint density at radius 3 is 2.49 bits per heavy atom. The molecule has 0 aromatic heterocycles. The maximum Gasteiger partial charge on any atom is 0.408 e. The minimum absolute atomic E-state index is 0.00924. The lowest BCUT2D eigenvalue weighted by Crippen LogP contribution is -2.51. The van der Waals surface area contributed by atoms with Gasteiger partial charge in [0.2, 0.25) is 11.5 Å². The van der Waals surface area contributed by atoms with Crippen molar-refractivity contribution in [3.05, 3.63) is 69.2 Å². The molecule has 1 saturated heterocycles. The van der Waals surface area contributed by atoms with E-state index in [1.165, 1.54) is 18.2 Å². The molecule has 4 rings (SSSR count). The summed E-state index contributed by atoms with van der Waals surface area (Å²) in [5.41, 5.74) is -1.52. The Morgan fingerprint density at radius 2 is 1.86 bits per heavy atom. The van der Waals surface area contributed by atoms with E-state index in [1.54, 1.807) is 0 Å². The number of rotatable bonds is 5. The summed E-state index contributed by atoms with van der Waals surface area (Å²) < 4.78 is 73.5. The summed E-state index contributed by atoms with van der Waals surface area (Å²) in [6.45, 7) is -1.04. The first-order chi connectivity index (χ1) is 16.3. The fourth-order valence-corrected chi connectivity index (χ4v) is 4.59. The van der Waals surface area contributed by atoms with E-state index in [2.05, 4.69) is 15.9 Å². The topological polar surface area (TPSA) is 66.9 Å². The van der Waals surface area contributed by atoms with E-state index in [9.17, 15) is 36.3 Å². The second-order valence-corrected chi connectivity index (χ2v) is 9.20. The first-order valence-corrected chi connectivity index (χ1v) is 11.2. The molecule has 1 heterocycles. The highest BCUT2D eigenvalue weighted by Crippen LogP contribution is 2.44. The molecular formula is C23H18BrF5N2O4.